The number of unbranched alkanes of at least 4 members (excludes halogenated alkanes) is 2. The van der Waals surface area contributed by atoms with E-state index in [1.165, 1.54) is 0 Å². The molecule has 0 N–H and O–H groups in total. The largest absolute Gasteiger partial charge is 0.542 e. The molecule has 0 bridgehead atoms. The van der Waals surface area contributed by atoms with Crippen LogP contribution in [0.4, 0.5) is 4.79 Å². The van der Waals surface area contributed by atoms with Gasteiger partial charge in [0.15, 0.2) is 0 Å². The van der Waals surface area contributed by atoms with Crippen LogP contribution in [-0.2, 0) is 19.6 Å². The second-order valence-electron chi connectivity index (χ2n) is 4.95. The summed E-state index contributed by atoms with van der Waals surface area (Å²) < 4.78 is 4.65. The van der Waals surface area contributed by atoms with Crippen LogP contribution in [0.3, 0.4) is 0 Å². The summed E-state index contributed by atoms with van der Waals surface area (Å²) in [6, 6.07) is 0. The monoisotopic (exact) mass is 260 g/mol. The van der Waals surface area contributed by atoms with E-state index in [-0.39, 0.29) is 6.61 Å². The van der Waals surface area contributed by atoms with E-state index in [2.05, 4.69) is 28.2 Å². The lowest BCUT2D eigenvalue weighted by Crippen LogP contribution is -2.25. The normalized spacial score (nSPS) is 11.1. The molecular formula is C13H24O5. The van der Waals surface area contributed by atoms with Gasteiger partial charge in [-0.2, -0.15) is 4.89 Å². The maximum Gasteiger partial charge on any atom is 0.542 e. The Kier molecular flexibility index (Phi) is 8.41. The Bertz CT molecular complexity index is 260. The van der Waals surface area contributed by atoms with E-state index in [0.717, 1.165) is 25.7 Å². The van der Waals surface area contributed by atoms with Gasteiger partial charge in [-0.1, -0.05) is 32.8 Å². The van der Waals surface area contributed by atoms with E-state index in [0.29, 0.717) is 5.57 Å². The van der Waals surface area contributed by atoms with E-state index in [4.69, 9.17) is 4.89 Å². The number of rotatable bonds is 9. The molecule has 0 aliphatic carbocycles. The predicted octanol–water partition coefficient (Wildman–Crippen LogP) is 3.94. The van der Waals surface area contributed by atoms with Crippen molar-refractivity contribution in [3.8, 4) is 0 Å². The maximum atomic E-state index is 11.0. The molecule has 18 heavy (non-hydrogen) atoms. The zero-order valence-electron chi connectivity index (χ0n) is 11.8. The first-order chi connectivity index (χ1) is 8.37. The van der Waals surface area contributed by atoms with Gasteiger partial charge >= 0.3 is 6.16 Å². The van der Waals surface area contributed by atoms with Crippen LogP contribution in [0.1, 0.15) is 53.4 Å². The average Bonchev–Trinajstić information content (AvgIpc) is 2.26. The summed E-state index contributed by atoms with van der Waals surface area (Å²) in [6.45, 7) is 11.3. The van der Waals surface area contributed by atoms with Crippen molar-refractivity contribution in [2.45, 2.75) is 59.0 Å². The number of hydrogen-bond donors (Lipinski definition) is 0. The van der Waals surface area contributed by atoms with Crippen molar-refractivity contribution < 1.29 is 24.3 Å². The van der Waals surface area contributed by atoms with Crippen LogP contribution >= 0.6 is 0 Å². The molecule has 0 radical (unpaired) electrons. The molecule has 0 saturated heterocycles. The van der Waals surface area contributed by atoms with Gasteiger partial charge in [0, 0.05) is 0 Å². The molecule has 0 aliphatic rings. The fourth-order valence-corrected chi connectivity index (χ4v) is 1.19. The first-order valence-electron chi connectivity index (χ1n) is 6.21. The predicted molar refractivity (Wildman–Crippen MR) is 67.6 cm³/mol. The molecule has 0 heterocycles. The molecule has 0 aromatic heterocycles. The summed E-state index contributed by atoms with van der Waals surface area (Å²) in [4.78, 5) is 20.3. The molecule has 5 nitrogen and oxygen atoms in total. The van der Waals surface area contributed by atoms with E-state index in [1.807, 2.05) is 13.8 Å². The average molecular weight is 260 g/mol. The maximum absolute atomic E-state index is 11.0. The summed E-state index contributed by atoms with van der Waals surface area (Å²) in [7, 11) is 0. The minimum atomic E-state index is -0.942. The van der Waals surface area contributed by atoms with E-state index in [1.54, 1.807) is 6.92 Å². The molecule has 0 spiro atoms. The topological polar surface area (TPSA) is 54.0 Å². The molecule has 0 saturated carbocycles. The highest BCUT2D eigenvalue weighted by atomic mass is 17.5. The van der Waals surface area contributed by atoms with Gasteiger partial charge in [-0.3, -0.25) is 0 Å². The quantitative estimate of drug-likeness (QED) is 0.207. The standard InChI is InChI=1S/C13H24O5/c1-6-7-8-9-13(4,5)17-18-16-12(14)15-10-11(2)3/h2,6-10H2,1,3-5H3. The Morgan fingerprint density at radius 1 is 1.28 bits per heavy atom. The van der Waals surface area contributed by atoms with Crippen LogP contribution < -0.4 is 0 Å². The van der Waals surface area contributed by atoms with Gasteiger partial charge in [0.1, 0.15) is 12.2 Å². The summed E-state index contributed by atoms with van der Waals surface area (Å²) in [5.41, 5.74) is 0.219. The van der Waals surface area contributed by atoms with Crippen LogP contribution in [0, 0.1) is 0 Å². The van der Waals surface area contributed by atoms with Crippen molar-refractivity contribution in [1.29, 1.82) is 0 Å². The molecule has 0 atom stereocenters. The van der Waals surface area contributed by atoms with Crippen molar-refractivity contribution in [2.75, 3.05) is 6.61 Å². The van der Waals surface area contributed by atoms with Crippen LogP contribution in [0.15, 0.2) is 12.2 Å². The fraction of sp³-hybridized carbons (Fsp3) is 0.769. The van der Waals surface area contributed by atoms with E-state index < -0.39 is 11.8 Å². The Labute approximate surface area is 109 Å². The minimum Gasteiger partial charge on any atom is -0.428 e. The number of carbonyl (C=O) groups excluding carboxylic acids is 1. The summed E-state index contributed by atoms with van der Waals surface area (Å²) in [5, 5.41) is 4.42. The van der Waals surface area contributed by atoms with Crippen molar-refractivity contribution in [1.82, 2.24) is 0 Å². The van der Waals surface area contributed by atoms with Gasteiger partial charge in [-0.25, -0.2) is 9.68 Å². The van der Waals surface area contributed by atoms with Gasteiger partial charge in [-0.05, 0) is 37.8 Å². The van der Waals surface area contributed by atoms with Crippen molar-refractivity contribution >= 4 is 6.16 Å². The molecule has 0 unspecified atom stereocenters. The second kappa shape index (κ2) is 8.94. The summed E-state index contributed by atoms with van der Waals surface area (Å²) in [5.74, 6) is 0. The number of hydrogen-bond acceptors (Lipinski definition) is 5. The summed E-state index contributed by atoms with van der Waals surface area (Å²) >= 11 is 0. The molecule has 0 aliphatic heterocycles. The van der Waals surface area contributed by atoms with E-state index >= 15 is 0 Å². The number of ether oxygens (including phenoxy) is 1. The van der Waals surface area contributed by atoms with Gasteiger partial charge in [0.2, 0.25) is 0 Å². The number of carbonyl (C=O) groups is 1. The highest BCUT2D eigenvalue weighted by Crippen LogP contribution is 2.19. The van der Waals surface area contributed by atoms with Gasteiger partial charge < -0.3 is 4.74 Å². The van der Waals surface area contributed by atoms with Crippen molar-refractivity contribution in [3.05, 3.63) is 12.2 Å². The third-order valence-corrected chi connectivity index (χ3v) is 2.18. The van der Waals surface area contributed by atoms with Crippen LogP contribution in [-0.4, -0.2) is 18.4 Å². The van der Waals surface area contributed by atoms with Crippen LogP contribution in [0.25, 0.3) is 0 Å². The molecule has 0 fully saturated rings. The lowest BCUT2D eigenvalue weighted by molar-refractivity contribution is -0.517. The summed E-state index contributed by atoms with van der Waals surface area (Å²) in [6.07, 6.45) is 3.19. The zero-order chi connectivity index (χ0) is 14.0. The highest BCUT2D eigenvalue weighted by Gasteiger charge is 2.21. The molecule has 0 rings (SSSR count). The molecule has 5 heteroatoms. The van der Waals surface area contributed by atoms with E-state index in [9.17, 15) is 4.79 Å². The van der Waals surface area contributed by atoms with Crippen LogP contribution in [0.5, 0.6) is 0 Å². The Morgan fingerprint density at radius 3 is 2.50 bits per heavy atom. The Morgan fingerprint density at radius 2 is 1.94 bits per heavy atom. The molecule has 106 valence electrons. The van der Waals surface area contributed by atoms with Gasteiger partial charge in [0.05, 0.1) is 0 Å². The lowest BCUT2D eigenvalue weighted by atomic mass is 10.0. The first kappa shape index (κ1) is 16.9. The van der Waals surface area contributed by atoms with Gasteiger partial charge in [-0.15, -0.1) is 0 Å². The fourth-order valence-electron chi connectivity index (χ4n) is 1.19. The van der Waals surface area contributed by atoms with Crippen molar-refractivity contribution in [2.24, 2.45) is 0 Å². The van der Waals surface area contributed by atoms with Gasteiger partial charge in [0.25, 0.3) is 0 Å². The molecule has 0 aromatic carbocycles. The molecular weight excluding hydrogens is 236 g/mol. The third-order valence-electron chi connectivity index (χ3n) is 2.18. The second-order valence-corrected chi connectivity index (χ2v) is 4.95. The van der Waals surface area contributed by atoms with Crippen molar-refractivity contribution in [3.63, 3.8) is 0 Å². The third kappa shape index (κ3) is 10.1. The zero-order valence-corrected chi connectivity index (χ0v) is 11.8. The SMILES string of the molecule is C=C(C)COC(=O)OOOC(C)(C)CCCCC. The van der Waals surface area contributed by atoms with Crippen LogP contribution in [0.2, 0.25) is 0 Å². The smallest absolute Gasteiger partial charge is 0.428 e. The minimum absolute atomic E-state index is 0.0993. The molecule has 0 aromatic rings. The Balaban J connectivity index is 3.67. The highest BCUT2D eigenvalue weighted by molar-refractivity contribution is 5.59. The lowest BCUT2D eigenvalue weighted by Gasteiger charge is -2.21. The Hall–Kier alpha value is -1.07. The first-order valence-corrected chi connectivity index (χ1v) is 6.21. The molecule has 0 amide bonds.